The van der Waals surface area contributed by atoms with Gasteiger partial charge in [-0.25, -0.2) is 0 Å². The van der Waals surface area contributed by atoms with Gasteiger partial charge in [-0.05, 0) is 32.4 Å². The van der Waals surface area contributed by atoms with Gasteiger partial charge in [-0.2, -0.15) is 0 Å². The fourth-order valence-electron chi connectivity index (χ4n) is 2.79. The molecule has 0 radical (unpaired) electrons. The predicted octanol–water partition coefficient (Wildman–Crippen LogP) is 2.78. The molecule has 1 N–H and O–H groups in total. The first-order valence-corrected chi connectivity index (χ1v) is 7.58. The summed E-state index contributed by atoms with van der Waals surface area (Å²) in [5.41, 5.74) is 1.25. The number of nitrogens with zero attached hydrogens (tertiary/aromatic N) is 1. The third kappa shape index (κ3) is 4.08. The first kappa shape index (κ1) is 15.5. The molecule has 0 aliphatic carbocycles. The van der Waals surface area contributed by atoms with Gasteiger partial charge in [-0.15, -0.1) is 0 Å². The van der Waals surface area contributed by atoms with Crippen LogP contribution in [0.25, 0.3) is 0 Å². The molecule has 0 saturated carbocycles. The summed E-state index contributed by atoms with van der Waals surface area (Å²) in [6, 6.07) is 2.56. The van der Waals surface area contributed by atoms with Crippen LogP contribution in [0.1, 0.15) is 44.9 Å². The molecule has 1 aromatic rings. The van der Waals surface area contributed by atoms with Crippen molar-refractivity contribution in [2.45, 2.75) is 58.3 Å². The van der Waals surface area contributed by atoms with Crippen molar-refractivity contribution in [2.24, 2.45) is 0 Å². The minimum atomic E-state index is -0.0127. The Balaban J connectivity index is 1.94. The Morgan fingerprint density at radius 2 is 2.30 bits per heavy atom. The molecule has 1 unspecified atom stereocenters. The van der Waals surface area contributed by atoms with E-state index < -0.39 is 0 Å². The Hall–Kier alpha value is -0.840. The molecule has 20 heavy (non-hydrogen) atoms. The number of methoxy groups -OCH3 is 1. The molecule has 1 saturated heterocycles. The van der Waals surface area contributed by atoms with Crippen LogP contribution in [-0.2, 0) is 17.8 Å². The first-order chi connectivity index (χ1) is 9.52. The zero-order valence-electron chi connectivity index (χ0n) is 13.2. The summed E-state index contributed by atoms with van der Waals surface area (Å²) in [6.45, 7) is 10.4. The number of hydrogen-bond acceptors (Lipinski definition) is 4. The van der Waals surface area contributed by atoms with E-state index in [2.05, 4.69) is 37.1 Å². The summed E-state index contributed by atoms with van der Waals surface area (Å²) in [5.74, 6) is 1.08. The molecule has 1 fully saturated rings. The van der Waals surface area contributed by atoms with Gasteiger partial charge in [-0.3, -0.25) is 4.90 Å². The number of piperidine rings is 1. The first-order valence-electron chi connectivity index (χ1n) is 7.58. The molecule has 114 valence electrons. The van der Waals surface area contributed by atoms with Gasteiger partial charge in [-0.1, -0.05) is 13.8 Å². The summed E-state index contributed by atoms with van der Waals surface area (Å²) in [7, 11) is 1.81. The standard InChI is InChI=1S/C16H28N2O2/c1-13(2)17-10-14-6-9-20-15(14)11-18-8-5-7-16(3,12-18)19-4/h6,9,13,17H,5,7-8,10-12H2,1-4H3. The zero-order chi connectivity index (χ0) is 14.6. The lowest BCUT2D eigenvalue weighted by Gasteiger charge is -2.39. The average Bonchev–Trinajstić information content (AvgIpc) is 2.84. The summed E-state index contributed by atoms with van der Waals surface area (Å²) in [4.78, 5) is 2.44. The normalized spacial score (nSPS) is 24.4. The minimum Gasteiger partial charge on any atom is -0.468 e. The van der Waals surface area contributed by atoms with Crippen LogP contribution in [0.15, 0.2) is 16.7 Å². The van der Waals surface area contributed by atoms with Gasteiger partial charge in [0.05, 0.1) is 18.4 Å². The highest BCUT2D eigenvalue weighted by molar-refractivity contribution is 5.17. The van der Waals surface area contributed by atoms with Crippen LogP contribution >= 0.6 is 0 Å². The van der Waals surface area contributed by atoms with Crippen molar-refractivity contribution in [1.29, 1.82) is 0 Å². The SMILES string of the molecule is COC1(C)CCCN(Cc2occc2CNC(C)C)C1. The number of ether oxygens (including phenoxy) is 1. The van der Waals surface area contributed by atoms with E-state index in [0.29, 0.717) is 6.04 Å². The number of hydrogen-bond donors (Lipinski definition) is 1. The van der Waals surface area contributed by atoms with E-state index in [1.807, 2.05) is 7.11 Å². The van der Waals surface area contributed by atoms with Crippen LogP contribution in [0.3, 0.4) is 0 Å². The van der Waals surface area contributed by atoms with Crippen molar-refractivity contribution in [3.63, 3.8) is 0 Å². The number of nitrogens with one attached hydrogen (secondary N) is 1. The number of rotatable bonds is 6. The molecule has 4 nitrogen and oxygen atoms in total. The van der Waals surface area contributed by atoms with E-state index in [1.165, 1.54) is 12.0 Å². The average molecular weight is 280 g/mol. The van der Waals surface area contributed by atoms with Gasteiger partial charge in [0, 0.05) is 31.8 Å². The maximum Gasteiger partial charge on any atom is 0.122 e. The third-order valence-electron chi connectivity index (χ3n) is 4.14. The molecular formula is C16H28N2O2. The van der Waals surface area contributed by atoms with Gasteiger partial charge < -0.3 is 14.5 Å². The minimum absolute atomic E-state index is 0.0127. The van der Waals surface area contributed by atoms with Crippen LogP contribution < -0.4 is 5.32 Å². The van der Waals surface area contributed by atoms with E-state index in [-0.39, 0.29) is 5.60 Å². The summed E-state index contributed by atoms with van der Waals surface area (Å²) in [5, 5.41) is 3.45. The molecule has 2 rings (SSSR count). The number of furan rings is 1. The maximum atomic E-state index is 5.68. The van der Waals surface area contributed by atoms with Gasteiger partial charge in [0.1, 0.15) is 5.76 Å². The van der Waals surface area contributed by atoms with Crippen molar-refractivity contribution in [2.75, 3.05) is 20.2 Å². The zero-order valence-corrected chi connectivity index (χ0v) is 13.2. The monoisotopic (exact) mass is 280 g/mol. The van der Waals surface area contributed by atoms with Gasteiger partial charge >= 0.3 is 0 Å². The second kappa shape index (κ2) is 6.74. The van der Waals surface area contributed by atoms with E-state index >= 15 is 0 Å². The molecule has 1 aliphatic heterocycles. The third-order valence-corrected chi connectivity index (χ3v) is 4.14. The van der Waals surface area contributed by atoms with Crippen molar-refractivity contribution >= 4 is 0 Å². The smallest absolute Gasteiger partial charge is 0.122 e. The van der Waals surface area contributed by atoms with Crippen molar-refractivity contribution < 1.29 is 9.15 Å². The molecule has 0 aromatic carbocycles. The lowest BCUT2D eigenvalue weighted by atomic mass is 9.94. The van der Waals surface area contributed by atoms with E-state index in [9.17, 15) is 0 Å². The lowest BCUT2D eigenvalue weighted by molar-refractivity contribution is -0.0539. The van der Waals surface area contributed by atoms with E-state index in [4.69, 9.17) is 9.15 Å². The van der Waals surface area contributed by atoms with Crippen molar-refractivity contribution in [3.05, 3.63) is 23.7 Å². The number of likely N-dealkylation sites (tertiary alicyclic amines) is 1. The molecular weight excluding hydrogens is 252 g/mol. The van der Waals surface area contributed by atoms with Gasteiger partial charge in [0.15, 0.2) is 0 Å². The van der Waals surface area contributed by atoms with Crippen LogP contribution in [0.2, 0.25) is 0 Å². The van der Waals surface area contributed by atoms with Crippen molar-refractivity contribution in [1.82, 2.24) is 10.2 Å². The highest BCUT2D eigenvalue weighted by atomic mass is 16.5. The second-order valence-corrected chi connectivity index (χ2v) is 6.37. The lowest BCUT2D eigenvalue weighted by Crippen LogP contribution is -2.46. The van der Waals surface area contributed by atoms with Crippen LogP contribution in [0.4, 0.5) is 0 Å². The van der Waals surface area contributed by atoms with Crippen LogP contribution in [0, 0.1) is 0 Å². The van der Waals surface area contributed by atoms with Crippen LogP contribution in [0.5, 0.6) is 0 Å². The fraction of sp³-hybridized carbons (Fsp3) is 0.750. The molecule has 2 heterocycles. The van der Waals surface area contributed by atoms with Gasteiger partial charge in [0.25, 0.3) is 0 Å². The molecule has 0 spiro atoms. The molecule has 1 aromatic heterocycles. The van der Waals surface area contributed by atoms with E-state index in [0.717, 1.165) is 38.4 Å². The molecule has 4 heteroatoms. The second-order valence-electron chi connectivity index (χ2n) is 6.37. The van der Waals surface area contributed by atoms with Gasteiger partial charge in [0.2, 0.25) is 0 Å². The highest BCUT2D eigenvalue weighted by Crippen LogP contribution is 2.25. The quantitative estimate of drug-likeness (QED) is 0.869. The molecule has 1 aliphatic rings. The van der Waals surface area contributed by atoms with E-state index in [1.54, 1.807) is 6.26 Å². The van der Waals surface area contributed by atoms with Crippen LogP contribution in [-0.4, -0.2) is 36.7 Å². The van der Waals surface area contributed by atoms with Crippen molar-refractivity contribution in [3.8, 4) is 0 Å². The Bertz CT molecular complexity index is 416. The maximum absolute atomic E-state index is 5.68. The summed E-state index contributed by atoms with van der Waals surface area (Å²) < 4.78 is 11.3. The Morgan fingerprint density at radius 1 is 1.50 bits per heavy atom. The molecule has 0 amide bonds. The Morgan fingerprint density at radius 3 is 3.00 bits per heavy atom. The predicted molar refractivity (Wildman–Crippen MR) is 80.6 cm³/mol. The Kier molecular flexibility index (Phi) is 5.24. The molecule has 0 bridgehead atoms. The summed E-state index contributed by atoms with van der Waals surface area (Å²) >= 11 is 0. The topological polar surface area (TPSA) is 37.6 Å². The largest absolute Gasteiger partial charge is 0.468 e. The highest BCUT2D eigenvalue weighted by Gasteiger charge is 2.31. The summed E-state index contributed by atoms with van der Waals surface area (Å²) in [6.07, 6.45) is 4.12. The molecule has 1 atom stereocenters. The Labute approximate surface area is 122 Å². The fourth-order valence-corrected chi connectivity index (χ4v) is 2.79.